The van der Waals surface area contributed by atoms with E-state index in [0.717, 1.165) is 17.7 Å². The number of ether oxygens (including phenoxy) is 3. The average Bonchev–Trinajstić information content (AvgIpc) is 2.55. The van der Waals surface area contributed by atoms with Crippen LogP contribution in [0.25, 0.3) is 0 Å². The van der Waals surface area contributed by atoms with Gasteiger partial charge in [-0.1, -0.05) is 12.1 Å². The molecule has 2 aromatic carbocycles. The lowest BCUT2D eigenvalue weighted by atomic mass is 10.1. The first-order valence-electron chi connectivity index (χ1n) is 7.24. The van der Waals surface area contributed by atoms with E-state index in [0.29, 0.717) is 36.9 Å². The van der Waals surface area contributed by atoms with Crippen molar-refractivity contribution in [2.24, 2.45) is 11.5 Å². The molecule has 4 N–H and O–H groups in total. The van der Waals surface area contributed by atoms with E-state index in [4.69, 9.17) is 25.7 Å². The molecular formula is C17H22N2O3. The molecule has 0 aliphatic carbocycles. The van der Waals surface area contributed by atoms with Gasteiger partial charge in [0.2, 0.25) is 0 Å². The normalized spacial score (nSPS) is 10.3. The third-order valence-corrected chi connectivity index (χ3v) is 3.08. The largest absolute Gasteiger partial charge is 0.493 e. The Bertz CT molecular complexity index is 602. The zero-order valence-electron chi connectivity index (χ0n) is 12.7. The Kier molecular flexibility index (Phi) is 6.06. The van der Waals surface area contributed by atoms with Gasteiger partial charge in [0.15, 0.2) is 11.5 Å². The molecule has 2 rings (SSSR count). The summed E-state index contributed by atoms with van der Waals surface area (Å²) < 4.78 is 16.8. The molecule has 0 atom stereocenters. The third kappa shape index (κ3) is 4.38. The quantitative estimate of drug-likeness (QED) is 0.782. The van der Waals surface area contributed by atoms with E-state index in [1.54, 1.807) is 7.11 Å². The molecule has 0 saturated carbocycles. The summed E-state index contributed by atoms with van der Waals surface area (Å²) in [6.07, 6.45) is 0.805. The molecule has 0 aliphatic heterocycles. The van der Waals surface area contributed by atoms with Gasteiger partial charge in [0, 0.05) is 12.6 Å². The van der Waals surface area contributed by atoms with Crippen LogP contribution in [0.2, 0.25) is 0 Å². The van der Waals surface area contributed by atoms with Crippen LogP contribution < -0.4 is 25.7 Å². The first-order chi connectivity index (χ1) is 10.8. The highest BCUT2D eigenvalue weighted by Crippen LogP contribution is 2.33. The van der Waals surface area contributed by atoms with Gasteiger partial charge >= 0.3 is 0 Å². The van der Waals surface area contributed by atoms with Crippen molar-refractivity contribution in [2.45, 2.75) is 6.42 Å². The molecule has 0 unspecified atom stereocenters. The highest BCUT2D eigenvalue weighted by Gasteiger charge is 2.07. The van der Waals surface area contributed by atoms with Gasteiger partial charge in [-0.05, 0) is 42.8 Å². The molecular weight excluding hydrogens is 280 g/mol. The summed E-state index contributed by atoms with van der Waals surface area (Å²) in [6, 6.07) is 13.2. The van der Waals surface area contributed by atoms with Gasteiger partial charge in [-0.25, -0.2) is 0 Å². The number of nitrogens with two attached hydrogens (primary N) is 2. The maximum absolute atomic E-state index is 5.89. The van der Waals surface area contributed by atoms with E-state index in [1.165, 1.54) is 0 Å². The first-order valence-corrected chi connectivity index (χ1v) is 7.24. The van der Waals surface area contributed by atoms with Crippen molar-refractivity contribution < 1.29 is 14.2 Å². The Morgan fingerprint density at radius 3 is 2.45 bits per heavy atom. The first kappa shape index (κ1) is 16.1. The Hall–Kier alpha value is -2.24. The average molecular weight is 302 g/mol. The topological polar surface area (TPSA) is 79.7 Å². The molecule has 5 heteroatoms. The lowest BCUT2D eigenvalue weighted by Gasteiger charge is -2.13. The van der Waals surface area contributed by atoms with E-state index < -0.39 is 0 Å². The summed E-state index contributed by atoms with van der Waals surface area (Å²) in [6.45, 7) is 1.55. The van der Waals surface area contributed by atoms with Crippen molar-refractivity contribution in [1.29, 1.82) is 0 Å². The molecule has 0 bridgehead atoms. The summed E-state index contributed by atoms with van der Waals surface area (Å²) in [7, 11) is 1.62. The second-order valence-corrected chi connectivity index (χ2v) is 4.74. The number of rotatable bonds is 8. The number of hydrogen-bond acceptors (Lipinski definition) is 5. The van der Waals surface area contributed by atoms with E-state index in [9.17, 15) is 0 Å². The van der Waals surface area contributed by atoms with Crippen molar-refractivity contribution >= 4 is 0 Å². The molecule has 0 aliphatic rings. The van der Waals surface area contributed by atoms with Crippen LogP contribution in [-0.4, -0.2) is 26.8 Å². The van der Waals surface area contributed by atoms with Crippen molar-refractivity contribution in [3.63, 3.8) is 0 Å². The molecule has 0 aromatic heterocycles. The lowest BCUT2D eigenvalue weighted by Crippen LogP contribution is -2.10. The van der Waals surface area contributed by atoms with Gasteiger partial charge < -0.3 is 25.7 Å². The summed E-state index contributed by atoms with van der Waals surface area (Å²) in [5.74, 6) is 2.74. The van der Waals surface area contributed by atoms with E-state index in [1.807, 2.05) is 42.5 Å². The summed E-state index contributed by atoms with van der Waals surface area (Å²) in [4.78, 5) is 0. The maximum atomic E-state index is 5.89. The predicted molar refractivity (Wildman–Crippen MR) is 86.8 cm³/mol. The smallest absolute Gasteiger partial charge is 0.169 e. The van der Waals surface area contributed by atoms with Crippen LogP contribution in [0.15, 0.2) is 42.5 Å². The van der Waals surface area contributed by atoms with Crippen molar-refractivity contribution in [1.82, 2.24) is 0 Å². The van der Waals surface area contributed by atoms with Gasteiger partial charge in [-0.3, -0.25) is 0 Å². The minimum Gasteiger partial charge on any atom is -0.493 e. The number of methoxy groups -OCH3 is 1. The molecule has 118 valence electrons. The molecule has 0 spiro atoms. The maximum Gasteiger partial charge on any atom is 0.169 e. The molecule has 0 fully saturated rings. The molecule has 0 heterocycles. The molecule has 0 amide bonds. The zero-order valence-corrected chi connectivity index (χ0v) is 12.7. The summed E-state index contributed by atoms with van der Waals surface area (Å²) >= 11 is 0. The highest BCUT2D eigenvalue weighted by atomic mass is 16.5. The molecule has 22 heavy (non-hydrogen) atoms. The monoisotopic (exact) mass is 302 g/mol. The molecule has 2 aromatic rings. The van der Waals surface area contributed by atoms with Crippen LogP contribution in [0.4, 0.5) is 0 Å². The number of hydrogen-bond donors (Lipinski definition) is 2. The molecule has 5 nitrogen and oxygen atoms in total. The van der Waals surface area contributed by atoms with Gasteiger partial charge in [0.05, 0.1) is 7.11 Å². The van der Waals surface area contributed by atoms with Crippen LogP contribution in [0.1, 0.15) is 5.56 Å². The zero-order chi connectivity index (χ0) is 15.8. The van der Waals surface area contributed by atoms with E-state index >= 15 is 0 Å². The fourth-order valence-corrected chi connectivity index (χ4v) is 2.05. The van der Waals surface area contributed by atoms with Gasteiger partial charge in [0.25, 0.3) is 0 Å². The van der Waals surface area contributed by atoms with Crippen LogP contribution >= 0.6 is 0 Å². The Labute approximate surface area is 130 Å². The van der Waals surface area contributed by atoms with Crippen molar-refractivity contribution in [3.8, 4) is 23.0 Å². The van der Waals surface area contributed by atoms with Crippen LogP contribution in [-0.2, 0) is 6.42 Å². The minimum atomic E-state index is 0.473. The summed E-state index contributed by atoms with van der Waals surface area (Å²) in [5.41, 5.74) is 12.1. The van der Waals surface area contributed by atoms with Gasteiger partial charge in [-0.15, -0.1) is 0 Å². The fraction of sp³-hybridized carbons (Fsp3) is 0.294. The lowest BCUT2D eigenvalue weighted by molar-refractivity contribution is 0.326. The third-order valence-electron chi connectivity index (χ3n) is 3.08. The van der Waals surface area contributed by atoms with Gasteiger partial charge in [-0.2, -0.15) is 0 Å². The standard InChI is InChI=1S/C17H22N2O3/c1-20-17-11-13(7-8-18)5-6-16(17)22-15-4-2-3-14(12-15)21-10-9-19/h2-6,11-12H,7-10,18-19H2,1H3. The van der Waals surface area contributed by atoms with Crippen LogP contribution in [0, 0.1) is 0 Å². The fourth-order valence-electron chi connectivity index (χ4n) is 2.05. The van der Waals surface area contributed by atoms with Crippen LogP contribution in [0.5, 0.6) is 23.0 Å². The van der Waals surface area contributed by atoms with E-state index in [-0.39, 0.29) is 0 Å². The summed E-state index contributed by atoms with van der Waals surface area (Å²) in [5, 5.41) is 0. The molecule has 0 saturated heterocycles. The van der Waals surface area contributed by atoms with Crippen molar-refractivity contribution in [2.75, 3.05) is 26.8 Å². The second-order valence-electron chi connectivity index (χ2n) is 4.74. The Balaban J connectivity index is 2.15. The number of benzene rings is 2. The van der Waals surface area contributed by atoms with E-state index in [2.05, 4.69) is 0 Å². The van der Waals surface area contributed by atoms with Gasteiger partial charge in [0.1, 0.15) is 18.1 Å². The highest BCUT2D eigenvalue weighted by molar-refractivity contribution is 5.46. The van der Waals surface area contributed by atoms with Crippen molar-refractivity contribution in [3.05, 3.63) is 48.0 Å². The SMILES string of the molecule is COc1cc(CCN)ccc1Oc1cccc(OCCN)c1. The second kappa shape index (κ2) is 8.26. The minimum absolute atomic E-state index is 0.473. The van der Waals surface area contributed by atoms with Crippen LogP contribution in [0.3, 0.4) is 0 Å². The Morgan fingerprint density at radius 1 is 0.909 bits per heavy atom. The predicted octanol–water partition coefficient (Wildman–Crippen LogP) is 2.33. The molecule has 0 radical (unpaired) electrons. The Morgan fingerprint density at radius 2 is 1.73 bits per heavy atom.